The molecule has 0 aliphatic carbocycles. The number of esters is 1. The van der Waals surface area contributed by atoms with Crippen molar-refractivity contribution in [3.05, 3.63) is 86.5 Å². The summed E-state index contributed by atoms with van der Waals surface area (Å²) in [5.41, 5.74) is 7.40. The maximum absolute atomic E-state index is 13.0. The number of aromatic amines is 1. The number of carbonyl (C=O) groups excluding carboxylic acids is 1. The molecule has 0 radical (unpaired) electrons. The molecule has 142 valence electrons. The fraction of sp³-hybridized carbons (Fsp3) is 0.143. The molecule has 7 heteroatoms. The van der Waals surface area contributed by atoms with Crippen LogP contribution in [0.1, 0.15) is 24.0 Å². The number of halogens is 1. The Morgan fingerprint density at radius 1 is 1.25 bits per heavy atom. The first kappa shape index (κ1) is 18.1. The Morgan fingerprint density at radius 2 is 2.04 bits per heavy atom. The third-order valence-corrected chi connectivity index (χ3v) is 4.88. The summed E-state index contributed by atoms with van der Waals surface area (Å²) in [6.07, 6.45) is 0. The summed E-state index contributed by atoms with van der Waals surface area (Å²) in [5.74, 6) is -1.17. The van der Waals surface area contributed by atoms with Crippen LogP contribution in [-0.4, -0.2) is 17.6 Å². The van der Waals surface area contributed by atoms with Crippen LogP contribution in [0.5, 0.6) is 5.75 Å². The fourth-order valence-corrected chi connectivity index (χ4v) is 3.70. The highest BCUT2D eigenvalue weighted by molar-refractivity contribution is 6.30. The molecule has 0 bridgehead atoms. The lowest BCUT2D eigenvalue weighted by Crippen LogP contribution is -2.32. The Hall–Kier alpha value is -3.25. The van der Waals surface area contributed by atoms with Crippen LogP contribution in [0.15, 0.2) is 64.8 Å². The first-order valence-electron chi connectivity index (χ1n) is 8.76. The standard InChI is InChI=1S/C21H17ClN2O4/c1-2-27-21(26)17-15(11-6-5-7-12(22)10-11)16-18(28-19(17)23)13-8-3-4-9-14(13)24-20(16)25/h3-10,15H,2,23H2,1H3,(H,24,25)/t15-/m0/s1. The molecule has 0 saturated carbocycles. The second-order valence-corrected chi connectivity index (χ2v) is 6.77. The van der Waals surface area contributed by atoms with E-state index in [1.165, 1.54) is 0 Å². The average molecular weight is 397 g/mol. The molecule has 3 N–H and O–H groups in total. The van der Waals surface area contributed by atoms with Crippen molar-refractivity contribution in [2.75, 3.05) is 6.61 Å². The van der Waals surface area contributed by atoms with E-state index in [1.54, 1.807) is 37.3 Å². The summed E-state index contributed by atoms with van der Waals surface area (Å²) in [6, 6.07) is 14.2. The molecular formula is C21H17ClN2O4. The highest BCUT2D eigenvalue weighted by Crippen LogP contribution is 2.43. The van der Waals surface area contributed by atoms with Crippen molar-refractivity contribution in [3.63, 3.8) is 0 Å². The molecule has 0 fully saturated rings. The minimum atomic E-state index is -0.769. The summed E-state index contributed by atoms with van der Waals surface area (Å²) in [5, 5.41) is 1.17. The van der Waals surface area contributed by atoms with Crippen molar-refractivity contribution in [3.8, 4) is 5.75 Å². The van der Waals surface area contributed by atoms with Gasteiger partial charge in [-0.3, -0.25) is 4.79 Å². The summed E-state index contributed by atoms with van der Waals surface area (Å²) >= 11 is 6.17. The van der Waals surface area contributed by atoms with Gasteiger partial charge in [0.05, 0.1) is 23.6 Å². The summed E-state index contributed by atoms with van der Waals surface area (Å²) in [4.78, 5) is 28.5. The van der Waals surface area contributed by atoms with Crippen molar-refractivity contribution >= 4 is 28.5 Å². The van der Waals surface area contributed by atoms with Crippen LogP contribution in [-0.2, 0) is 9.53 Å². The molecule has 4 rings (SSSR count). The van der Waals surface area contributed by atoms with E-state index in [1.807, 2.05) is 18.2 Å². The lowest BCUT2D eigenvalue weighted by atomic mass is 9.83. The molecule has 0 spiro atoms. The van der Waals surface area contributed by atoms with Gasteiger partial charge in [-0.25, -0.2) is 4.79 Å². The van der Waals surface area contributed by atoms with Gasteiger partial charge in [0.25, 0.3) is 5.56 Å². The quantitative estimate of drug-likeness (QED) is 0.661. The Labute approximate surface area is 165 Å². The van der Waals surface area contributed by atoms with Gasteiger partial charge < -0.3 is 20.2 Å². The lowest BCUT2D eigenvalue weighted by Gasteiger charge is -2.28. The zero-order chi connectivity index (χ0) is 19.8. The molecule has 1 aliphatic rings. The number of carbonyl (C=O) groups is 1. The second kappa shape index (κ2) is 7.05. The van der Waals surface area contributed by atoms with Crippen LogP contribution < -0.4 is 16.0 Å². The Bertz CT molecular complexity index is 1180. The fourth-order valence-electron chi connectivity index (χ4n) is 3.50. The predicted molar refractivity (Wildman–Crippen MR) is 106 cm³/mol. The first-order valence-corrected chi connectivity index (χ1v) is 9.14. The summed E-state index contributed by atoms with van der Waals surface area (Å²) < 4.78 is 11.0. The van der Waals surface area contributed by atoms with Crippen LogP contribution in [0, 0.1) is 0 Å². The number of fused-ring (bicyclic) bond motifs is 3. The molecule has 0 saturated heterocycles. The monoisotopic (exact) mass is 396 g/mol. The van der Waals surface area contributed by atoms with Gasteiger partial charge in [-0.1, -0.05) is 35.9 Å². The highest BCUT2D eigenvalue weighted by Gasteiger charge is 2.38. The average Bonchev–Trinajstić information content (AvgIpc) is 2.67. The van der Waals surface area contributed by atoms with Gasteiger partial charge in [0.15, 0.2) is 0 Å². The van der Waals surface area contributed by atoms with E-state index in [0.717, 1.165) is 0 Å². The van der Waals surface area contributed by atoms with Gasteiger partial charge >= 0.3 is 5.97 Å². The van der Waals surface area contributed by atoms with Crippen molar-refractivity contribution in [1.29, 1.82) is 0 Å². The third-order valence-electron chi connectivity index (χ3n) is 4.64. The van der Waals surface area contributed by atoms with Gasteiger partial charge in [-0.2, -0.15) is 0 Å². The Balaban J connectivity index is 2.05. The van der Waals surface area contributed by atoms with E-state index >= 15 is 0 Å². The van der Waals surface area contributed by atoms with E-state index in [9.17, 15) is 9.59 Å². The lowest BCUT2D eigenvalue weighted by molar-refractivity contribution is -0.139. The molecule has 2 heterocycles. The summed E-state index contributed by atoms with van der Waals surface area (Å²) in [6.45, 7) is 1.86. The maximum Gasteiger partial charge on any atom is 0.340 e. The van der Waals surface area contributed by atoms with E-state index in [2.05, 4.69) is 4.98 Å². The third kappa shape index (κ3) is 2.92. The van der Waals surface area contributed by atoms with E-state index in [0.29, 0.717) is 32.8 Å². The molecule has 2 aromatic carbocycles. The molecule has 3 aromatic rings. The highest BCUT2D eigenvalue weighted by atomic mass is 35.5. The van der Waals surface area contributed by atoms with Crippen molar-refractivity contribution in [1.82, 2.24) is 4.98 Å². The van der Waals surface area contributed by atoms with Gasteiger partial charge in [0.2, 0.25) is 5.88 Å². The molecule has 0 amide bonds. The minimum absolute atomic E-state index is 0.0809. The first-order chi connectivity index (χ1) is 13.5. The molecule has 1 atom stereocenters. The van der Waals surface area contributed by atoms with E-state index < -0.39 is 11.9 Å². The zero-order valence-corrected chi connectivity index (χ0v) is 15.7. The van der Waals surface area contributed by atoms with Gasteiger partial charge in [-0.05, 0) is 36.8 Å². The van der Waals surface area contributed by atoms with Crippen LogP contribution in [0.4, 0.5) is 0 Å². The van der Waals surface area contributed by atoms with Crippen LogP contribution in [0.25, 0.3) is 10.9 Å². The Kier molecular flexibility index (Phi) is 4.57. The normalized spacial score (nSPS) is 15.9. The SMILES string of the molecule is CCOC(=O)C1=C(N)Oc2c(c(=O)[nH]c3ccccc23)[C@@H]1c1cccc(Cl)c1. The number of rotatable bonds is 3. The topological polar surface area (TPSA) is 94.4 Å². The smallest absolute Gasteiger partial charge is 0.340 e. The van der Waals surface area contributed by atoms with Crippen molar-refractivity contribution in [2.24, 2.45) is 5.73 Å². The van der Waals surface area contributed by atoms with Gasteiger partial charge in [0, 0.05) is 10.4 Å². The number of ether oxygens (including phenoxy) is 2. The van der Waals surface area contributed by atoms with Gasteiger partial charge in [-0.15, -0.1) is 0 Å². The number of hydrogen-bond donors (Lipinski definition) is 2. The minimum Gasteiger partial charge on any atom is -0.462 e. The molecule has 28 heavy (non-hydrogen) atoms. The number of H-pyrrole nitrogens is 1. The number of pyridine rings is 1. The number of hydrogen-bond acceptors (Lipinski definition) is 5. The predicted octanol–water partition coefficient (Wildman–Crippen LogP) is 3.44. The van der Waals surface area contributed by atoms with Crippen LogP contribution in [0.2, 0.25) is 5.02 Å². The molecular weight excluding hydrogens is 380 g/mol. The van der Waals surface area contributed by atoms with Gasteiger partial charge in [0.1, 0.15) is 11.3 Å². The zero-order valence-electron chi connectivity index (χ0n) is 15.0. The molecule has 0 unspecified atom stereocenters. The van der Waals surface area contributed by atoms with Crippen molar-refractivity contribution < 1.29 is 14.3 Å². The summed E-state index contributed by atoms with van der Waals surface area (Å²) in [7, 11) is 0. The number of aromatic nitrogens is 1. The van der Waals surface area contributed by atoms with Crippen LogP contribution in [0.3, 0.4) is 0 Å². The second-order valence-electron chi connectivity index (χ2n) is 6.33. The van der Waals surface area contributed by atoms with Crippen LogP contribution >= 0.6 is 11.6 Å². The Morgan fingerprint density at radius 3 is 2.79 bits per heavy atom. The molecule has 6 nitrogen and oxygen atoms in total. The van der Waals surface area contributed by atoms with E-state index in [4.69, 9.17) is 26.8 Å². The molecule has 1 aliphatic heterocycles. The molecule has 1 aromatic heterocycles. The van der Waals surface area contributed by atoms with Crippen molar-refractivity contribution in [2.45, 2.75) is 12.8 Å². The number of nitrogens with two attached hydrogens (primary N) is 1. The maximum atomic E-state index is 13.0. The number of para-hydroxylation sites is 1. The number of benzene rings is 2. The number of nitrogens with one attached hydrogen (secondary N) is 1. The van der Waals surface area contributed by atoms with E-state index in [-0.39, 0.29) is 23.6 Å². The largest absolute Gasteiger partial charge is 0.462 e.